The second-order valence-electron chi connectivity index (χ2n) is 3.68. The number of aldehydes is 1. The van der Waals surface area contributed by atoms with E-state index in [1.165, 1.54) is 6.08 Å². The van der Waals surface area contributed by atoms with Gasteiger partial charge in [0.1, 0.15) is 6.29 Å². The maximum absolute atomic E-state index is 10.1. The van der Waals surface area contributed by atoms with Gasteiger partial charge in [-0.15, -0.1) is 0 Å². The summed E-state index contributed by atoms with van der Waals surface area (Å²) in [5.74, 6) is 1.12. The Morgan fingerprint density at radius 2 is 1.92 bits per heavy atom. The van der Waals surface area contributed by atoms with Crippen LogP contribution in [0.1, 0.15) is 27.2 Å². The number of carbonyl (C=O) groups is 1. The van der Waals surface area contributed by atoms with E-state index < -0.39 is 0 Å². The van der Waals surface area contributed by atoms with Crippen LogP contribution in [0.15, 0.2) is 12.2 Å². The van der Waals surface area contributed by atoms with E-state index in [-0.39, 0.29) is 6.10 Å². The summed E-state index contributed by atoms with van der Waals surface area (Å²) in [6.45, 7) is 6.54. The summed E-state index contributed by atoms with van der Waals surface area (Å²) in [6.07, 6.45) is 5.22. The topological polar surface area (TPSA) is 26.3 Å². The van der Waals surface area contributed by atoms with Crippen LogP contribution in [0.2, 0.25) is 0 Å². The van der Waals surface area contributed by atoms with Crippen molar-refractivity contribution < 1.29 is 9.53 Å². The number of hydrogen-bond acceptors (Lipinski definition) is 2. The SMILES string of the molecule is COC(CC=CC=O)C(C)C(C)C. The van der Waals surface area contributed by atoms with Crippen molar-refractivity contribution in [2.45, 2.75) is 33.3 Å². The van der Waals surface area contributed by atoms with Crippen molar-refractivity contribution in [2.75, 3.05) is 7.11 Å². The maximum atomic E-state index is 10.1. The number of rotatable bonds is 6. The summed E-state index contributed by atoms with van der Waals surface area (Å²) in [7, 11) is 1.72. The fourth-order valence-electron chi connectivity index (χ4n) is 1.22. The Hall–Kier alpha value is -0.630. The molecule has 0 aliphatic heterocycles. The van der Waals surface area contributed by atoms with E-state index in [1.807, 2.05) is 6.08 Å². The van der Waals surface area contributed by atoms with Gasteiger partial charge in [0, 0.05) is 7.11 Å². The van der Waals surface area contributed by atoms with Gasteiger partial charge in [-0.3, -0.25) is 4.79 Å². The molecule has 0 aliphatic carbocycles. The van der Waals surface area contributed by atoms with Crippen LogP contribution >= 0.6 is 0 Å². The molecule has 76 valence electrons. The van der Waals surface area contributed by atoms with Crippen molar-refractivity contribution in [1.82, 2.24) is 0 Å². The van der Waals surface area contributed by atoms with Gasteiger partial charge in [-0.25, -0.2) is 0 Å². The zero-order valence-corrected chi connectivity index (χ0v) is 8.99. The minimum absolute atomic E-state index is 0.219. The Morgan fingerprint density at radius 1 is 1.31 bits per heavy atom. The van der Waals surface area contributed by atoms with Gasteiger partial charge in [-0.05, 0) is 24.3 Å². The maximum Gasteiger partial charge on any atom is 0.142 e. The summed E-state index contributed by atoms with van der Waals surface area (Å²) in [4.78, 5) is 10.1. The summed E-state index contributed by atoms with van der Waals surface area (Å²) in [6, 6.07) is 0. The standard InChI is InChI=1S/C11H20O2/c1-9(2)10(3)11(13-4)7-5-6-8-12/h5-6,8-11H,7H2,1-4H3. The van der Waals surface area contributed by atoms with Gasteiger partial charge in [0.25, 0.3) is 0 Å². The molecule has 2 nitrogen and oxygen atoms in total. The number of allylic oxidation sites excluding steroid dienone is 1. The Kier molecular flexibility index (Phi) is 6.51. The number of ether oxygens (including phenoxy) is 1. The van der Waals surface area contributed by atoms with E-state index in [9.17, 15) is 4.79 Å². The minimum Gasteiger partial charge on any atom is -0.381 e. The van der Waals surface area contributed by atoms with E-state index in [2.05, 4.69) is 20.8 Å². The molecule has 13 heavy (non-hydrogen) atoms. The molecule has 0 aromatic heterocycles. The molecule has 0 saturated heterocycles. The van der Waals surface area contributed by atoms with Crippen LogP contribution in [0.5, 0.6) is 0 Å². The Morgan fingerprint density at radius 3 is 2.31 bits per heavy atom. The lowest BCUT2D eigenvalue weighted by Crippen LogP contribution is -2.23. The van der Waals surface area contributed by atoms with Crippen LogP contribution < -0.4 is 0 Å². The molecule has 0 fully saturated rings. The molecule has 0 rings (SSSR count). The lowest BCUT2D eigenvalue weighted by Gasteiger charge is -2.24. The van der Waals surface area contributed by atoms with Crippen molar-refractivity contribution >= 4 is 6.29 Å². The molecule has 0 spiro atoms. The van der Waals surface area contributed by atoms with Crippen LogP contribution in [-0.2, 0) is 9.53 Å². The van der Waals surface area contributed by atoms with E-state index in [4.69, 9.17) is 4.74 Å². The first kappa shape index (κ1) is 12.4. The van der Waals surface area contributed by atoms with Crippen molar-refractivity contribution in [3.63, 3.8) is 0 Å². The van der Waals surface area contributed by atoms with Crippen LogP contribution in [0.4, 0.5) is 0 Å². The molecular weight excluding hydrogens is 164 g/mol. The third-order valence-corrected chi connectivity index (χ3v) is 2.52. The molecule has 0 amide bonds. The molecule has 0 heterocycles. The smallest absolute Gasteiger partial charge is 0.142 e. The minimum atomic E-state index is 0.219. The van der Waals surface area contributed by atoms with E-state index >= 15 is 0 Å². The molecule has 0 aromatic rings. The molecule has 2 atom stereocenters. The quantitative estimate of drug-likeness (QED) is 0.468. The first-order chi connectivity index (χ1) is 6.13. The molecule has 2 unspecified atom stereocenters. The zero-order chi connectivity index (χ0) is 10.3. The second-order valence-corrected chi connectivity index (χ2v) is 3.68. The van der Waals surface area contributed by atoms with Gasteiger partial charge >= 0.3 is 0 Å². The largest absolute Gasteiger partial charge is 0.381 e. The average molecular weight is 184 g/mol. The first-order valence-electron chi connectivity index (χ1n) is 4.76. The van der Waals surface area contributed by atoms with Crippen molar-refractivity contribution in [2.24, 2.45) is 11.8 Å². The lowest BCUT2D eigenvalue weighted by molar-refractivity contribution is -0.104. The van der Waals surface area contributed by atoms with Crippen molar-refractivity contribution in [3.8, 4) is 0 Å². The molecule has 0 saturated carbocycles. The summed E-state index contributed by atoms with van der Waals surface area (Å²) in [5.41, 5.74) is 0. The van der Waals surface area contributed by atoms with Gasteiger partial charge in [0.2, 0.25) is 0 Å². The van der Waals surface area contributed by atoms with Crippen molar-refractivity contribution in [3.05, 3.63) is 12.2 Å². The second kappa shape index (κ2) is 6.84. The predicted molar refractivity (Wildman–Crippen MR) is 54.6 cm³/mol. The lowest BCUT2D eigenvalue weighted by atomic mass is 9.90. The Bertz CT molecular complexity index is 161. The highest BCUT2D eigenvalue weighted by Gasteiger charge is 2.18. The zero-order valence-electron chi connectivity index (χ0n) is 8.99. The number of methoxy groups -OCH3 is 1. The average Bonchev–Trinajstić information content (AvgIpc) is 2.11. The van der Waals surface area contributed by atoms with Gasteiger partial charge in [-0.1, -0.05) is 26.8 Å². The third-order valence-electron chi connectivity index (χ3n) is 2.52. The molecule has 0 bridgehead atoms. The predicted octanol–water partition coefficient (Wildman–Crippen LogP) is 2.44. The normalized spacial score (nSPS) is 16.4. The Labute approximate surface area is 81.0 Å². The van der Waals surface area contributed by atoms with E-state index in [0.29, 0.717) is 11.8 Å². The number of hydrogen-bond donors (Lipinski definition) is 0. The third kappa shape index (κ3) is 4.83. The van der Waals surface area contributed by atoms with E-state index in [1.54, 1.807) is 7.11 Å². The molecule has 0 aliphatic rings. The van der Waals surface area contributed by atoms with Gasteiger partial charge in [-0.2, -0.15) is 0 Å². The highest BCUT2D eigenvalue weighted by Crippen LogP contribution is 2.19. The van der Waals surface area contributed by atoms with Gasteiger partial charge in [0.15, 0.2) is 0 Å². The van der Waals surface area contributed by atoms with Crippen molar-refractivity contribution in [1.29, 1.82) is 0 Å². The van der Waals surface area contributed by atoms with E-state index in [0.717, 1.165) is 12.7 Å². The molecule has 2 heteroatoms. The van der Waals surface area contributed by atoms with Gasteiger partial charge in [0.05, 0.1) is 6.10 Å². The fourth-order valence-corrected chi connectivity index (χ4v) is 1.22. The number of carbonyl (C=O) groups excluding carboxylic acids is 1. The highest BCUT2D eigenvalue weighted by molar-refractivity contribution is 5.64. The monoisotopic (exact) mass is 184 g/mol. The summed E-state index contributed by atoms with van der Waals surface area (Å²) < 4.78 is 5.35. The molecular formula is C11H20O2. The van der Waals surface area contributed by atoms with Crippen LogP contribution in [0.25, 0.3) is 0 Å². The molecule has 0 N–H and O–H groups in total. The van der Waals surface area contributed by atoms with Gasteiger partial charge < -0.3 is 4.74 Å². The highest BCUT2D eigenvalue weighted by atomic mass is 16.5. The molecule has 0 radical (unpaired) electrons. The van der Waals surface area contributed by atoms with Crippen LogP contribution in [0, 0.1) is 11.8 Å². The van der Waals surface area contributed by atoms with Crippen LogP contribution in [-0.4, -0.2) is 19.5 Å². The van der Waals surface area contributed by atoms with Crippen LogP contribution in [0.3, 0.4) is 0 Å². The summed E-state index contributed by atoms with van der Waals surface area (Å²) >= 11 is 0. The molecule has 0 aromatic carbocycles. The fraction of sp³-hybridized carbons (Fsp3) is 0.727. The summed E-state index contributed by atoms with van der Waals surface area (Å²) in [5, 5.41) is 0. The Balaban J connectivity index is 4.01. The first-order valence-corrected chi connectivity index (χ1v) is 4.76.